The molecule has 5 unspecified atom stereocenters. The van der Waals surface area contributed by atoms with Gasteiger partial charge in [-0.2, -0.15) is 0 Å². The van der Waals surface area contributed by atoms with Gasteiger partial charge in [-0.15, -0.1) is 0 Å². The lowest BCUT2D eigenvalue weighted by Crippen LogP contribution is -2.56. The first-order valence-corrected chi connectivity index (χ1v) is 13.4. The second-order valence-corrected chi connectivity index (χ2v) is 10.8. The minimum atomic E-state index is -1.97. The van der Waals surface area contributed by atoms with Gasteiger partial charge in [0, 0.05) is 42.2 Å². The summed E-state index contributed by atoms with van der Waals surface area (Å²) in [6.45, 7) is 1.03. The fraction of sp³-hybridized carbons (Fsp3) is 0.464. The molecular formula is C28H30FN3O9. The van der Waals surface area contributed by atoms with E-state index in [1.54, 1.807) is 26.1 Å². The van der Waals surface area contributed by atoms with Gasteiger partial charge in [0.1, 0.15) is 24.9 Å². The van der Waals surface area contributed by atoms with Crippen molar-refractivity contribution in [3.05, 3.63) is 51.1 Å². The number of fused-ring (bicyclic) bond motifs is 5. The number of pyridine rings is 2. The van der Waals surface area contributed by atoms with Crippen LogP contribution in [0.2, 0.25) is 0 Å². The van der Waals surface area contributed by atoms with Crippen LogP contribution in [0.3, 0.4) is 0 Å². The number of carbonyl (C=O) groups is 1. The van der Waals surface area contributed by atoms with Gasteiger partial charge in [0.25, 0.3) is 5.56 Å². The van der Waals surface area contributed by atoms with Gasteiger partial charge in [-0.25, -0.2) is 14.2 Å². The molecule has 6 rings (SSSR count). The maximum absolute atomic E-state index is 15.5. The summed E-state index contributed by atoms with van der Waals surface area (Å²) in [5.74, 6) is -2.66. The summed E-state index contributed by atoms with van der Waals surface area (Å²) in [4.78, 5) is 30.5. The highest BCUT2D eigenvalue weighted by Crippen LogP contribution is 2.43. The lowest BCUT2D eigenvalue weighted by atomic mass is 9.81. The Morgan fingerprint density at radius 3 is 2.63 bits per heavy atom. The number of anilines is 1. The number of hydrogen-bond donors (Lipinski definition) is 6. The average molecular weight is 572 g/mol. The van der Waals surface area contributed by atoms with E-state index in [9.17, 15) is 35.1 Å². The van der Waals surface area contributed by atoms with Crippen LogP contribution in [0.25, 0.3) is 22.3 Å². The average Bonchev–Trinajstić information content (AvgIpc) is 3.32. The van der Waals surface area contributed by atoms with Gasteiger partial charge >= 0.3 is 5.97 Å². The fourth-order valence-corrected chi connectivity index (χ4v) is 6.17. The van der Waals surface area contributed by atoms with Crippen LogP contribution in [0.1, 0.15) is 36.5 Å². The minimum Gasteiger partial charge on any atom is -0.482 e. The van der Waals surface area contributed by atoms with E-state index in [-0.39, 0.29) is 54.1 Å². The molecule has 6 N–H and O–H groups in total. The first-order chi connectivity index (χ1) is 19.5. The predicted molar refractivity (Wildman–Crippen MR) is 142 cm³/mol. The summed E-state index contributed by atoms with van der Waals surface area (Å²) in [6.07, 6.45) is -5.63. The molecule has 0 bridgehead atoms. The number of carbonyl (C=O) groups excluding carboxylic acids is 1. The fourth-order valence-electron chi connectivity index (χ4n) is 6.17. The molecule has 1 aromatic carbocycles. The van der Waals surface area contributed by atoms with E-state index in [2.05, 4.69) is 10.3 Å². The highest BCUT2D eigenvalue weighted by molar-refractivity contribution is 5.97. The Bertz CT molecular complexity index is 1640. The number of aliphatic hydroxyl groups is 5. The summed E-state index contributed by atoms with van der Waals surface area (Å²) < 4.78 is 28.0. The lowest BCUT2D eigenvalue weighted by Gasteiger charge is -2.39. The number of halogens is 1. The summed E-state index contributed by atoms with van der Waals surface area (Å²) in [6, 6.07) is 4.45. The number of cyclic esters (lactones) is 1. The molecule has 1 saturated carbocycles. The molecule has 1 fully saturated rings. The topological polar surface area (TPSA) is 184 Å². The molecule has 0 radical (unpaired) electrons. The number of aromatic nitrogens is 2. The Hall–Kier alpha value is -3.62. The Labute approximate surface area is 232 Å². The van der Waals surface area contributed by atoms with Gasteiger partial charge in [-0.05, 0) is 25.0 Å². The molecule has 3 aromatic rings. The van der Waals surface area contributed by atoms with Crippen molar-refractivity contribution in [3.63, 3.8) is 0 Å². The van der Waals surface area contributed by atoms with Gasteiger partial charge in [-0.1, -0.05) is 6.92 Å². The predicted octanol–water partition coefficient (Wildman–Crippen LogP) is 0.103. The normalized spacial score (nSPS) is 28.6. The first kappa shape index (κ1) is 27.5. The van der Waals surface area contributed by atoms with E-state index in [0.29, 0.717) is 22.3 Å². The molecule has 1 aliphatic carbocycles. The van der Waals surface area contributed by atoms with Crippen LogP contribution in [-0.4, -0.2) is 79.1 Å². The molecule has 13 heteroatoms. The standard InChI is InChI=1S/C28H30FN3O9/c1-3-28(39)15-6-18-20-11(8-32(18)26(37)14(15)10-40-27(28)38)4-13-17(31-20)7-16(29)25(21(13)30-2)41-19-5-12(9-33)22(34)24(36)23(19)35/h4,6-7,12,19,22-24,30,33-36,39H,3,5,8-10H2,1-2H3/t12?,19?,22?,23?,24?,28-/m0/s1. The van der Waals surface area contributed by atoms with Gasteiger partial charge in [0.15, 0.2) is 17.2 Å². The largest absolute Gasteiger partial charge is 0.482 e. The van der Waals surface area contributed by atoms with Crippen molar-refractivity contribution < 1.29 is 44.2 Å². The molecule has 12 nitrogen and oxygen atoms in total. The Kier molecular flexibility index (Phi) is 6.54. The smallest absolute Gasteiger partial charge is 0.343 e. The molecular weight excluding hydrogens is 541 g/mol. The molecule has 3 aliphatic rings. The second kappa shape index (κ2) is 9.74. The summed E-state index contributed by atoms with van der Waals surface area (Å²) >= 11 is 0. The SMILES string of the molecule is CC[C@@]1(O)C(=O)OCc2c1cc1n(c2=O)Cc2cc3c(NC)c(OC4CC(CO)C(O)C(O)C4O)c(F)cc3nc2-1. The monoisotopic (exact) mass is 571 g/mol. The Morgan fingerprint density at radius 1 is 1.20 bits per heavy atom. The van der Waals surface area contributed by atoms with Crippen LogP contribution in [0.15, 0.2) is 23.0 Å². The van der Waals surface area contributed by atoms with Crippen molar-refractivity contribution in [2.24, 2.45) is 5.92 Å². The van der Waals surface area contributed by atoms with E-state index in [0.717, 1.165) is 6.07 Å². The number of hydrogen-bond acceptors (Lipinski definition) is 11. The van der Waals surface area contributed by atoms with Crippen LogP contribution in [-0.2, 0) is 28.3 Å². The molecule has 2 aliphatic heterocycles. The lowest BCUT2D eigenvalue weighted by molar-refractivity contribution is -0.172. The van der Waals surface area contributed by atoms with E-state index < -0.39 is 59.9 Å². The van der Waals surface area contributed by atoms with Crippen molar-refractivity contribution >= 4 is 22.6 Å². The highest BCUT2D eigenvalue weighted by Gasteiger charge is 2.46. The zero-order valence-electron chi connectivity index (χ0n) is 22.3. The van der Waals surface area contributed by atoms with Crippen molar-refractivity contribution in [1.29, 1.82) is 0 Å². The van der Waals surface area contributed by atoms with E-state index >= 15 is 4.39 Å². The van der Waals surface area contributed by atoms with Crippen molar-refractivity contribution in [1.82, 2.24) is 9.55 Å². The second-order valence-electron chi connectivity index (χ2n) is 10.8. The molecule has 2 aromatic heterocycles. The number of aliphatic hydroxyl groups excluding tert-OH is 4. The number of nitrogens with one attached hydrogen (secondary N) is 1. The summed E-state index contributed by atoms with van der Waals surface area (Å²) in [5, 5.41) is 54.9. The first-order valence-electron chi connectivity index (χ1n) is 13.4. The third-order valence-electron chi connectivity index (χ3n) is 8.57. The maximum Gasteiger partial charge on any atom is 0.343 e. The number of esters is 1. The third-order valence-corrected chi connectivity index (χ3v) is 8.57. The van der Waals surface area contributed by atoms with Crippen molar-refractivity contribution in [2.45, 2.75) is 62.9 Å². The number of rotatable bonds is 5. The quantitative estimate of drug-likeness (QED) is 0.179. The maximum atomic E-state index is 15.5. The molecule has 4 heterocycles. The van der Waals surface area contributed by atoms with Crippen LogP contribution in [0.4, 0.5) is 10.1 Å². The molecule has 6 atom stereocenters. The molecule has 0 saturated heterocycles. The summed E-state index contributed by atoms with van der Waals surface area (Å²) in [5.41, 5.74) is -0.173. The summed E-state index contributed by atoms with van der Waals surface area (Å²) in [7, 11) is 1.55. The van der Waals surface area contributed by atoms with Gasteiger partial charge in [0.2, 0.25) is 0 Å². The van der Waals surface area contributed by atoms with Gasteiger partial charge in [-0.3, -0.25) is 4.79 Å². The number of ether oxygens (including phenoxy) is 2. The Morgan fingerprint density at radius 2 is 1.95 bits per heavy atom. The van der Waals surface area contributed by atoms with Crippen molar-refractivity contribution in [3.8, 4) is 17.1 Å². The molecule has 0 amide bonds. The molecule has 218 valence electrons. The minimum absolute atomic E-state index is 0.00395. The van der Waals surface area contributed by atoms with Gasteiger partial charge in [0.05, 0.1) is 40.8 Å². The molecule has 41 heavy (non-hydrogen) atoms. The van der Waals surface area contributed by atoms with Crippen molar-refractivity contribution in [2.75, 3.05) is 19.0 Å². The van der Waals surface area contributed by atoms with Gasteiger partial charge < -0.3 is 44.9 Å². The van der Waals surface area contributed by atoms with Crippen LogP contribution >= 0.6 is 0 Å². The zero-order valence-corrected chi connectivity index (χ0v) is 22.3. The highest BCUT2D eigenvalue weighted by atomic mass is 19.1. The third kappa shape index (κ3) is 3.95. The van der Waals surface area contributed by atoms with E-state index in [4.69, 9.17) is 9.47 Å². The zero-order chi connectivity index (χ0) is 29.4. The van der Waals surface area contributed by atoms with Crippen LogP contribution < -0.4 is 15.6 Å². The molecule has 0 spiro atoms. The van der Waals surface area contributed by atoms with E-state index in [1.807, 2.05) is 0 Å². The Balaban J connectivity index is 1.45. The van der Waals surface area contributed by atoms with Crippen LogP contribution in [0.5, 0.6) is 5.75 Å². The van der Waals surface area contributed by atoms with Crippen LogP contribution in [0, 0.1) is 11.7 Å². The number of nitrogens with zero attached hydrogens (tertiary/aromatic N) is 2. The number of benzene rings is 1. The van der Waals surface area contributed by atoms with E-state index in [1.165, 1.54) is 4.57 Å².